The highest BCUT2D eigenvalue weighted by Gasteiger charge is 2.34. The molecular weight excluding hydrogens is 1020 g/mol. The summed E-state index contributed by atoms with van der Waals surface area (Å²) in [6, 6.07) is 97.6. The number of hydrogen-bond acceptors (Lipinski definition) is 4. The quantitative estimate of drug-likeness (QED) is 0.152. The topological polar surface area (TPSA) is 29.5 Å². The van der Waals surface area contributed by atoms with E-state index >= 15 is 0 Å². The highest BCUT2D eigenvalue weighted by Crippen LogP contribution is 2.55. The second kappa shape index (κ2) is 18.6. The molecule has 0 saturated heterocycles. The zero-order valence-electron chi connectivity index (χ0n) is 44.6. The van der Waals surface area contributed by atoms with E-state index in [0.29, 0.717) is 0 Å². The average molecular weight is 1070 g/mol. The lowest BCUT2D eigenvalue weighted by molar-refractivity contribution is 0.669. The largest absolute Gasteiger partial charge is 0.456 e. The number of furan rings is 1. The van der Waals surface area contributed by atoms with E-state index in [2.05, 4.69) is 286 Å². The van der Waals surface area contributed by atoms with Crippen molar-refractivity contribution in [3.8, 4) is 56.1 Å². The van der Waals surface area contributed by atoms with Crippen molar-refractivity contribution in [3.63, 3.8) is 0 Å². The van der Waals surface area contributed by atoms with Crippen molar-refractivity contribution in [2.75, 3.05) is 9.80 Å². The van der Waals surface area contributed by atoms with Crippen molar-refractivity contribution in [1.29, 1.82) is 0 Å². The molecule has 82 heavy (non-hydrogen) atoms. The summed E-state index contributed by atoms with van der Waals surface area (Å²) in [6.07, 6.45) is 6.63. The fourth-order valence-corrected chi connectivity index (χ4v) is 14.6. The van der Waals surface area contributed by atoms with E-state index in [1.807, 2.05) is 23.5 Å². The molecule has 386 valence electrons. The number of hydrogen-bond donors (Lipinski definition) is 0. The normalized spacial score (nSPS) is 12.5. The Hall–Kier alpha value is -10.4. The van der Waals surface area contributed by atoms with E-state index in [9.17, 15) is 0 Å². The van der Waals surface area contributed by atoms with Gasteiger partial charge in [-0.05, 0) is 151 Å². The summed E-state index contributed by atoms with van der Waals surface area (Å²) in [7, 11) is 0. The van der Waals surface area contributed by atoms with Gasteiger partial charge in [0.15, 0.2) is 0 Å². The van der Waals surface area contributed by atoms with Crippen molar-refractivity contribution in [1.82, 2.24) is 9.13 Å². The molecule has 0 atom stereocenters. The molecule has 0 spiro atoms. The molecule has 15 aromatic rings. The first kappa shape index (κ1) is 46.5. The molecule has 17 rings (SSSR count). The first-order chi connectivity index (χ1) is 40.7. The molecule has 0 aliphatic heterocycles. The third-order valence-corrected chi connectivity index (χ3v) is 18.1. The van der Waals surface area contributed by atoms with Crippen molar-refractivity contribution < 1.29 is 4.42 Å². The molecule has 2 aliphatic rings. The molecule has 0 bridgehead atoms. The van der Waals surface area contributed by atoms with Gasteiger partial charge in [0.1, 0.15) is 11.2 Å². The summed E-state index contributed by atoms with van der Waals surface area (Å²) < 4.78 is 14.1. The van der Waals surface area contributed by atoms with Crippen LogP contribution in [0.5, 0.6) is 0 Å². The van der Waals surface area contributed by atoms with Crippen LogP contribution in [0.4, 0.5) is 34.1 Å². The van der Waals surface area contributed by atoms with Crippen molar-refractivity contribution in [2.45, 2.75) is 12.8 Å². The second-order valence-corrected chi connectivity index (χ2v) is 22.5. The molecule has 0 fully saturated rings. The maximum absolute atomic E-state index is 6.45. The van der Waals surface area contributed by atoms with Gasteiger partial charge in [-0.1, -0.05) is 152 Å². The van der Waals surface area contributed by atoms with Crippen LogP contribution in [-0.2, 0) is 6.42 Å². The van der Waals surface area contributed by atoms with E-state index in [0.717, 1.165) is 85.8 Å². The first-order valence-corrected chi connectivity index (χ1v) is 29.0. The van der Waals surface area contributed by atoms with Gasteiger partial charge in [0.25, 0.3) is 0 Å². The van der Waals surface area contributed by atoms with Gasteiger partial charge in [-0.25, -0.2) is 0 Å². The highest BCUT2D eigenvalue weighted by molar-refractivity contribution is 7.25. The lowest BCUT2D eigenvalue weighted by atomic mass is 9.83. The number of rotatable bonds is 8. The molecule has 4 heterocycles. The highest BCUT2D eigenvalue weighted by atomic mass is 32.1. The summed E-state index contributed by atoms with van der Waals surface area (Å²) >= 11 is 1.86. The maximum Gasteiger partial charge on any atom is 0.137 e. The van der Waals surface area contributed by atoms with Crippen LogP contribution < -0.4 is 9.80 Å². The predicted molar refractivity (Wildman–Crippen MR) is 345 cm³/mol. The third kappa shape index (κ3) is 7.18. The third-order valence-electron chi connectivity index (χ3n) is 16.9. The number of benzene rings is 11. The Balaban J connectivity index is 0.829. The van der Waals surface area contributed by atoms with E-state index in [-0.39, 0.29) is 0 Å². The molecule has 11 aromatic carbocycles. The van der Waals surface area contributed by atoms with Gasteiger partial charge in [0.05, 0.1) is 16.9 Å². The van der Waals surface area contributed by atoms with E-state index in [1.54, 1.807) is 0 Å². The number of anilines is 6. The van der Waals surface area contributed by atoms with Gasteiger partial charge >= 0.3 is 0 Å². The van der Waals surface area contributed by atoms with Crippen LogP contribution in [0.2, 0.25) is 0 Å². The van der Waals surface area contributed by atoms with Gasteiger partial charge in [-0.3, -0.25) is 0 Å². The summed E-state index contributed by atoms with van der Waals surface area (Å²) in [5, 5.41) is 6.05. The number of fused-ring (bicyclic) bond motifs is 18. The van der Waals surface area contributed by atoms with E-state index in [4.69, 9.17) is 4.42 Å². The van der Waals surface area contributed by atoms with Crippen molar-refractivity contribution in [2.24, 2.45) is 0 Å². The monoisotopic (exact) mass is 1070 g/mol. The molecule has 2 aliphatic carbocycles. The second-order valence-electron chi connectivity index (χ2n) is 21.5. The zero-order valence-corrected chi connectivity index (χ0v) is 45.4. The Kier molecular flexibility index (Phi) is 10.5. The van der Waals surface area contributed by atoms with Crippen LogP contribution in [-0.4, -0.2) is 9.13 Å². The van der Waals surface area contributed by atoms with Crippen molar-refractivity contribution in [3.05, 3.63) is 284 Å². The summed E-state index contributed by atoms with van der Waals surface area (Å²) in [6.45, 7) is 0. The van der Waals surface area contributed by atoms with Crippen molar-refractivity contribution >= 4 is 105 Å². The molecule has 0 radical (unpaired) electrons. The Bertz CT molecular complexity index is 5040. The van der Waals surface area contributed by atoms with Gasteiger partial charge in [0.2, 0.25) is 0 Å². The summed E-state index contributed by atoms with van der Waals surface area (Å²) in [5.74, 6) is 0. The van der Waals surface area contributed by atoms with E-state index < -0.39 is 0 Å². The lowest BCUT2D eigenvalue weighted by Crippen LogP contribution is -2.10. The molecular formula is C76H50N4OS. The van der Waals surface area contributed by atoms with E-state index in [1.165, 1.54) is 81.6 Å². The van der Waals surface area contributed by atoms with Crippen LogP contribution in [0.3, 0.4) is 0 Å². The SMILES string of the molecule is C1=Cc2c(c3c(n2-c2ccc(N(c4ccccc4)c4ccc5c(c4)oc4ccccc45)cc2)-c2ccccc2-c2c(n(-c4ccc(N(c5ccccc5)c5ccc6c(c5)sc5ccccc56)cc4)c4ccccc24)-c2ccccc2-3)CC1. The fraction of sp³-hybridized carbons (Fsp3) is 0.0263. The smallest absolute Gasteiger partial charge is 0.137 e. The molecule has 0 saturated carbocycles. The van der Waals surface area contributed by atoms with Crippen LogP contribution in [0, 0.1) is 0 Å². The Morgan fingerprint density at radius 1 is 0.354 bits per heavy atom. The molecule has 0 amide bonds. The van der Waals surface area contributed by atoms with Crippen LogP contribution >= 0.6 is 11.3 Å². The minimum absolute atomic E-state index is 0.867. The van der Waals surface area contributed by atoms with Gasteiger partial charge in [0, 0.05) is 116 Å². The summed E-state index contributed by atoms with van der Waals surface area (Å²) in [4.78, 5) is 4.71. The lowest BCUT2D eigenvalue weighted by Gasteiger charge is -2.26. The van der Waals surface area contributed by atoms with Crippen LogP contribution in [0.15, 0.2) is 277 Å². The zero-order chi connectivity index (χ0) is 53.8. The average Bonchev–Trinajstić information content (AvgIpc) is 3.21. The Morgan fingerprint density at radius 3 is 1.54 bits per heavy atom. The van der Waals surface area contributed by atoms with Gasteiger partial charge in [-0.15, -0.1) is 11.3 Å². The number of aromatic nitrogens is 2. The minimum Gasteiger partial charge on any atom is -0.456 e. The minimum atomic E-state index is 0.867. The van der Waals surface area contributed by atoms with Crippen LogP contribution in [0.1, 0.15) is 17.7 Å². The first-order valence-electron chi connectivity index (χ1n) is 28.2. The maximum atomic E-state index is 6.45. The number of para-hydroxylation sites is 4. The van der Waals surface area contributed by atoms with Crippen LogP contribution in [0.25, 0.3) is 115 Å². The summed E-state index contributed by atoms with van der Waals surface area (Å²) in [5.41, 5.74) is 24.0. The predicted octanol–water partition coefficient (Wildman–Crippen LogP) is 21.6. The molecule has 0 N–H and O–H groups in total. The Labute approximate surface area is 478 Å². The number of nitrogens with zero attached hydrogens (tertiary/aromatic N) is 4. The Morgan fingerprint density at radius 2 is 0.841 bits per heavy atom. The van der Waals surface area contributed by atoms with Gasteiger partial charge in [-0.2, -0.15) is 0 Å². The molecule has 0 unspecified atom stereocenters. The fourth-order valence-electron chi connectivity index (χ4n) is 13.4. The number of thiophene rings is 1. The molecule has 5 nitrogen and oxygen atoms in total. The molecule has 6 heteroatoms. The molecule has 4 aromatic heterocycles. The number of allylic oxidation sites excluding steroid dienone is 1. The van der Waals surface area contributed by atoms with Gasteiger partial charge < -0.3 is 23.4 Å². The standard InChI is InChI=1S/C76H50N4OS/c1-3-19-49(20-4-1)77(55-43-45-58-57-23-13-17-33-69(57)81-70(58)47-55)51-35-39-53(40-36-51)79-67-31-15-11-29-65(67)73-62-26-8-10-28-64(62)76-74(61-25-7-9-27-63(61)75(73)79)66-30-12-16-32-68(66)80(76)54-41-37-52(38-42-54)78(50-21-5-2-6-22-50)56-44-46-60-59-24-14-18-34-71(59)82-72(60)48-56/h1-10,12-28,30-48H,11,29H2.